The third-order valence-electron chi connectivity index (χ3n) is 9.06. The standard InChI is InChI=1S/C40H76O4/c1-3-5-6-7-8-9-10-11-14-19-22-25-28-31-34-37-40(43)44-38(4-2)35-32-29-26-23-20-17-15-12-13-16-18-21-24-27-30-33-36-39(41)42/h11,14,38H,3-10,12-13,15-37H2,1-2H3,(H,41,42)/b14-11-. The molecule has 0 aromatic heterocycles. The van der Waals surface area contributed by atoms with Crippen LogP contribution in [0.2, 0.25) is 0 Å². The zero-order valence-corrected chi connectivity index (χ0v) is 29.7. The minimum absolute atomic E-state index is 0.0162. The summed E-state index contributed by atoms with van der Waals surface area (Å²) in [5.74, 6) is -0.647. The molecule has 0 saturated heterocycles. The first-order chi connectivity index (χ1) is 21.6. The van der Waals surface area contributed by atoms with Gasteiger partial charge in [0, 0.05) is 12.8 Å². The van der Waals surface area contributed by atoms with Crippen molar-refractivity contribution in [2.45, 2.75) is 232 Å². The number of aliphatic carboxylic acids is 1. The summed E-state index contributed by atoms with van der Waals surface area (Å²) in [6.07, 6.45) is 44.7. The number of ether oxygens (including phenoxy) is 1. The molecule has 0 radical (unpaired) electrons. The largest absolute Gasteiger partial charge is 0.481 e. The number of carbonyl (C=O) groups excluding carboxylic acids is 1. The maximum Gasteiger partial charge on any atom is 0.306 e. The van der Waals surface area contributed by atoms with E-state index in [9.17, 15) is 9.59 Å². The Morgan fingerprint density at radius 1 is 0.500 bits per heavy atom. The van der Waals surface area contributed by atoms with Crippen LogP contribution >= 0.6 is 0 Å². The summed E-state index contributed by atoms with van der Waals surface area (Å²) >= 11 is 0. The summed E-state index contributed by atoms with van der Waals surface area (Å²) in [5.41, 5.74) is 0. The number of hydrogen-bond acceptors (Lipinski definition) is 3. The Bertz CT molecular complexity index is 629. The molecule has 1 unspecified atom stereocenters. The van der Waals surface area contributed by atoms with Gasteiger partial charge >= 0.3 is 11.9 Å². The summed E-state index contributed by atoms with van der Waals surface area (Å²) in [6.45, 7) is 4.42. The molecule has 0 aliphatic carbocycles. The minimum Gasteiger partial charge on any atom is -0.481 e. The molecule has 0 aliphatic heterocycles. The molecule has 0 saturated carbocycles. The van der Waals surface area contributed by atoms with Crippen LogP contribution in [0.5, 0.6) is 0 Å². The van der Waals surface area contributed by atoms with Crippen LogP contribution in [0.4, 0.5) is 0 Å². The van der Waals surface area contributed by atoms with Crippen LogP contribution in [-0.2, 0) is 14.3 Å². The zero-order valence-electron chi connectivity index (χ0n) is 29.7. The van der Waals surface area contributed by atoms with Crippen molar-refractivity contribution in [1.82, 2.24) is 0 Å². The Balaban J connectivity index is 3.41. The summed E-state index contributed by atoms with van der Waals surface area (Å²) in [4.78, 5) is 22.8. The van der Waals surface area contributed by atoms with Crippen LogP contribution in [0.15, 0.2) is 12.2 Å². The van der Waals surface area contributed by atoms with Gasteiger partial charge in [0.05, 0.1) is 0 Å². The van der Waals surface area contributed by atoms with Crippen molar-refractivity contribution in [2.24, 2.45) is 0 Å². The van der Waals surface area contributed by atoms with Gasteiger partial charge in [0.25, 0.3) is 0 Å². The Hall–Kier alpha value is -1.32. The summed E-state index contributed by atoms with van der Waals surface area (Å²) < 4.78 is 5.79. The second-order valence-corrected chi connectivity index (χ2v) is 13.4. The van der Waals surface area contributed by atoms with E-state index in [1.54, 1.807) is 0 Å². The number of allylic oxidation sites excluding steroid dienone is 2. The molecular weight excluding hydrogens is 544 g/mol. The quantitative estimate of drug-likeness (QED) is 0.0430. The highest BCUT2D eigenvalue weighted by atomic mass is 16.5. The molecule has 0 bridgehead atoms. The van der Waals surface area contributed by atoms with Crippen molar-refractivity contribution in [3.63, 3.8) is 0 Å². The molecule has 0 spiro atoms. The molecular formula is C40H76O4. The smallest absolute Gasteiger partial charge is 0.306 e. The highest BCUT2D eigenvalue weighted by molar-refractivity contribution is 5.69. The SMILES string of the molecule is CCCCCCCC/C=C\CCCCCCCC(=O)OC(CC)CCCCCCCCCCCCCCCCCCC(=O)O. The first kappa shape index (κ1) is 42.7. The number of carbonyl (C=O) groups is 2. The Morgan fingerprint density at radius 2 is 0.864 bits per heavy atom. The van der Waals surface area contributed by atoms with E-state index in [4.69, 9.17) is 9.84 Å². The molecule has 4 nitrogen and oxygen atoms in total. The molecule has 4 heteroatoms. The molecule has 0 rings (SSSR count). The first-order valence-corrected chi connectivity index (χ1v) is 19.7. The molecule has 0 aliphatic rings. The van der Waals surface area contributed by atoms with Gasteiger partial charge in [-0.15, -0.1) is 0 Å². The fourth-order valence-corrected chi connectivity index (χ4v) is 6.05. The van der Waals surface area contributed by atoms with Gasteiger partial charge in [-0.3, -0.25) is 9.59 Å². The van der Waals surface area contributed by atoms with E-state index in [1.807, 2.05) is 0 Å². The fourth-order valence-electron chi connectivity index (χ4n) is 6.05. The maximum atomic E-state index is 12.3. The lowest BCUT2D eigenvalue weighted by atomic mass is 10.0. The number of unbranched alkanes of at least 4 members (excludes halogenated alkanes) is 26. The normalized spacial score (nSPS) is 12.2. The molecule has 0 aromatic carbocycles. The van der Waals surface area contributed by atoms with Crippen LogP contribution in [0.1, 0.15) is 226 Å². The van der Waals surface area contributed by atoms with Crippen molar-refractivity contribution in [1.29, 1.82) is 0 Å². The second-order valence-electron chi connectivity index (χ2n) is 13.4. The molecule has 260 valence electrons. The average molecular weight is 621 g/mol. The molecule has 0 aromatic rings. The predicted molar refractivity (Wildman–Crippen MR) is 190 cm³/mol. The van der Waals surface area contributed by atoms with E-state index < -0.39 is 5.97 Å². The lowest BCUT2D eigenvalue weighted by molar-refractivity contribution is -0.149. The number of carboxylic acid groups (broad SMARTS) is 1. The molecule has 0 fully saturated rings. The molecule has 1 atom stereocenters. The topological polar surface area (TPSA) is 63.6 Å². The third kappa shape index (κ3) is 35.2. The molecule has 0 heterocycles. The molecule has 1 N–H and O–H groups in total. The van der Waals surface area contributed by atoms with Crippen molar-refractivity contribution in [3.05, 3.63) is 12.2 Å². The third-order valence-corrected chi connectivity index (χ3v) is 9.06. The van der Waals surface area contributed by atoms with E-state index in [0.717, 1.165) is 38.5 Å². The fraction of sp³-hybridized carbons (Fsp3) is 0.900. The summed E-state index contributed by atoms with van der Waals surface area (Å²) in [6, 6.07) is 0. The van der Waals surface area contributed by atoms with Gasteiger partial charge in [-0.25, -0.2) is 0 Å². The predicted octanol–water partition coefficient (Wildman–Crippen LogP) is 13.5. The van der Waals surface area contributed by atoms with Crippen molar-refractivity contribution in [2.75, 3.05) is 0 Å². The Morgan fingerprint density at radius 3 is 1.27 bits per heavy atom. The van der Waals surface area contributed by atoms with Crippen molar-refractivity contribution >= 4 is 11.9 Å². The van der Waals surface area contributed by atoms with Gasteiger partial charge in [0.1, 0.15) is 6.10 Å². The number of carboxylic acids is 1. The first-order valence-electron chi connectivity index (χ1n) is 19.7. The van der Waals surface area contributed by atoms with Crippen LogP contribution < -0.4 is 0 Å². The van der Waals surface area contributed by atoms with Gasteiger partial charge in [0.15, 0.2) is 0 Å². The lowest BCUT2D eigenvalue weighted by Gasteiger charge is -2.16. The Kier molecular flexibility index (Phi) is 35.1. The van der Waals surface area contributed by atoms with Gasteiger partial charge in [0.2, 0.25) is 0 Å². The van der Waals surface area contributed by atoms with Gasteiger partial charge < -0.3 is 9.84 Å². The molecule has 0 amide bonds. The second kappa shape index (κ2) is 36.2. The van der Waals surface area contributed by atoms with E-state index >= 15 is 0 Å². The zero-order chi connectivity index (χ0) is 32.2. The van der Waals surface area contributed by atoms with Gasteiger partial charge in [-0.05, 0) is 57.8 Å². The van der Waals surface area contributed by atoms with Gasteiger partial charge in [-0.1, -0.05) is 167 Å². The van der Waals surface area contributed by atoms with E-state index in [0.29, 0.717) is 12.8 Å². The van der Waals surface area contributed by atoms with Crippen LogP contribution in [0, 0.1) is 0 Å². The maximum absolute atomic E-state index is 12.3. The number of esters is 1. The van der Waals surface area contributed by atoms with Crippen molar-refractivity contribution < 1.29 is 19.4 Å². The summed E-state index contributed by atoms with van der Waals surface area (Å²) in [5, 5.41) is 8.65. The molecule has 44 heavy (non-hydrogen) atoms. The Labute approximate surface area is 275 Å². The van der Waals surface area contributed by atoms with Crippen LogP contribution in [0.3, 0.4) is 0 Å². The van der Waals surface area contributed by atoms with E-state index in [2.05, 4.69) is 26.0 Å². The van der Waals surface area contributed by atoms with E-state index in [1.165, 1.54) is 161 Å². The van der Waals surface area contributed by atoms with Gasteiger partial charge in [-0.2, -0.15) is 0 Å². The van der Waals surface area contributed by atoms with E-state index in [-0.39, 0.29) is 12.1 Å². The minimum atomic E-state index is -0.663. The highest BCUT2D eigenvalue weighted by Crippen LogP contribution is 2.17. The number of rotatable bonds is 36. The summed E-state index contributed by atoms with van der Waals surface area (Å²) in [7, 11) is 0. The monoisotopic (exact) mass is 621 g/mol. The van der Waals surface area contributed by atoms with Crippen LogP contribution in [-0.4, -0.2) is 23.1 Å². The lowest BCUT2D eigenvalue weighted by Crippen LogP contribution is -2.17. The highest BCUT2D eigenvalue weighted by Gasteiger charge is 2.12. The average Bonchev–Trinajstić information content (AvgIpc) is 3.01. The number of hydrogen-bond donors (Lipinski definition) is 1. The van der Waals surface area contributed by atoms with Crippen molar-refractivity contribution in [3.8, 4) is 0 Å². The van der Waals surface area contributed by atoms with Crippen LogP contribution in [0.25, 0.3) is 0 Å².